The molecule has 1 atom stereocenters. The van der Waals surface area contributed by atoms with Crippen LogP contribution in [0.25, 0.3) is 0 Å². The first-order valence-corrected chi connectivity index (χ1v) is 9.40. The van der Waals surface area contributed by atoms with E-state index in [9.17, 15) is 4.79 Å². The third-order valence-electron chi connectivity index (χ3n) is 4.46. The molecule has 6 nitrogen and oxygen atoms in total. The number of carbonyl (C=O) groups is 1. The summed E-state index contributed by atoms with van der Waals surface area (Å²) in [5, 5.41) is 6.71. The Labute approximate surface area is 171 Å². The van der Waals surface area contributed by atoms with Gasteiger partial charge in [-0.3, -0.25) is 9.69 Å². The van der Waals surface area contributed by atoms with Crippen LogP contribution in [0.4, 0.5) is 0 Å². The second kappa shape index (κ2) is 13.6. The summed E-state index contributed by atoms with van der Waals surface area (Å²) in [5.41, 5.74) is 0. The van der Waals surface area contributed by atoms with Crippen molar-refractivity contribution in [1.82, 2.24) is 20.4 Å². The Kier molecular flexibility index (Phi) is 13.3. The number of nitrogens with zero attached hydrogens (tertiary/aromatic N) is 3. The topological polar surface area (TPSA) is 60.0 Å². The van der Waals surface area contributed by atoms with Crippen LogP contribution in [0.3, 0.4) is 0 Å². The molecule has 148 valence electrons. The Morgan fingerprint density at radius 3 is 2.60 bits per heavy atom. The third-order valence-corrected chi connectivity index (χ3v) is 4.46. The molecule has 1 aliphatic heterocycles. The normalized spacial score (nSPS) is 18.6. The van der Waals surface area contributed by atoms with E-state index in [1.807, 2.05) is 0 Å². The Bertz CT molecular complexity index is 401. The average Bonchev–Trinajstić information content (AvgIpc) is 2.56. The van der Waals surface area contributed by atoms with Crippen molar-refractivity contribution >= 4 is 35.8 Å². The van der Waals surface area contributed by atoms with Crippen molar-refractivity contribution in [3.05, 3.63) is 0 Å². The van der Waals surface area contributed by atoms with Gasteiger partial charge in [0.25, 0.3) is 0 Å². The molecule has 1 fully saturated rings. The number of rotatable bonds is 8. The minimum absolute atomic E-state index is 0. The molecular weight excluding hydrogens is 429 g/mol. The standard InChI is InChI=1S/C18H37N5O.HI/c1-6-16-9-7-8-11-23(16)12-10-19-18(20-13-15(2)3)21-14-17(24)22(4)5;/h15-16H,6-14H2,1-5H3,(H2,19,20,21);1H. The number of nitrogens with one attached hydrogen (secondary N) is 2. The van der Waals surface area contributed by atoms with Gasteiger partial charge in [-0.1, -0.05) is 27.2 Å². The summed E-state index contributed by atoms with van der Waals surface area (Å²) < 4.78 is 0. The summed E-state index contributed by atoms with van der Waals surface area (Å²) >= 11 is 0. The maximum Gasteiger partial charge on any atom is 0.243 e. The molecule has 2 N–H and O–H groups in total. The second-order valence-corrected chi connectivity index (χ2v) is 7.25. The van der Waals surface area contributed by atoms with Crippen LogP contribution in [-0.2, 0) is 4.79 Å². The molecule has 1 amide bonds. The summed E-state index contributed by atoms with van der Waals surface area (Å²) in [6.45, 7) is 10.7. The van der Waals surface area contributed by atoms with E-state index in [4.69, 9.17) is 0 Å². The van der Waals surface area contributed by atoms with Gasteiger partial charge in [-0.15, -0.1) is 24.0 Å². The molecule has 0 aromatic rings. The summed E-state index contributed by atoms with van der Waals surface area (Å²) in [5.74, 6) is 1.29. The van der Waals surface area contributed by atoms with Gasteiger partial charge in [-0.05, 0) is 31.7 Å². The minimum atomic E-state index is 0. The summed E-state index contributed by atoms with van der Waals surface area (Å²) in [7, 11) is 3.52. The van der Waals surface area contributed by atoms with Crippen molar-refractivity contribution in [3.8, 4) is 0 Å². The van der Waals surface area contributed by atoms with Crippen LogP contribution in [0.5, 0.6) is 0 Å². The first-order chi connectivity index (χ1) is 11.4. The van der Waals surface area contributed by atoms with Crippen LogP contribution in [0.1, 0.15) is 46.5 Å². The van der Waals surface area contributed by atoms with Crippen LogP contribution < -0.4 is 10.6 Å². The van der Waals surface area contributed by atoms with Crippen LogP contribution >= 0.6 is 24.0 Å². The highest BCUT2D eigenvalue weighted by Crippen LogP contribution is 2.18. The highest BCUT2D eigenvalue weighted by molar-refractivity contribution is 14.0. The first kappa shape index (κ1) is 24.4. The molecular formula is C18H38IN5O. The molecule has 1 rings (SSSR count). The fraction of sp³-hybridized carbons (Fsp3) is 0.889. The molecule has 0 radical (unpaired) electrons. The maximum atomic E-state index is 11.7. The summed E-state index contributed by atoms with van der Waals surface area (Å²) in [6, 6.07) is 0.722. The number of halogens is 1. The van der Waals surface area contributed by atoms with Gasteiger partial charge >= 0.3 is 0 Å². The fourth-order valence-corrected chi connectivity index (χ4v) is 2.90. The lowest BCUT2D eigenvalue weighted by atomic mass is 10.0. The zero-order chi connectivity index (χ0) is 17.9. The Balaban J connectivity index is 0.00000576. The number of hydrogen-bond acceptors (Lipinski definition) is 3. The first-order valence-electron chi connectivity index (χ1n) is 9.40. The molecule has 1 heterocycles. The van der Waals surface area contributed by atoms with Gasteiger partial charge in [0.1, 0.15) is 6.54 Å². The Hall–Kier alpha value is -0.570. The van der Waals surface area contributed by atoms with Crippen molar-refractivity contribution in [2.75, 3.05) is 46.8 Å². The predicted molar refractivity (Wildman–Crippen MR) is 117 cm³/mol. The van der Waals surface area contributed by atoms with Crippen LogP contribution in [0.15, 0.2) is 4.99 Å². The lowest BCUT2D eigenvalue weighted by molar-refractivity contribution is -0.127. The van der Waals surface area contributed by atoms with Gasteiger partial charge in [0.05, 0.1) is 0 Å². The molecule has 0 bridgehead atoms. The number of guanidine groups is 1. The minimum Gasteiger partial charge on any atom is -0.356 e. The number of likely N-dealkylation sites (tertiary alicyclic amines) is 1. The van der Waals surface area contributed by atoms with Crippen molar-refractivity contribution in [2.24, 2.45) is 10.9 Å². The van der Waals surface area contributed by atoms with Crippen molar-refractivity contribution in [1.29, 1.82) is 0 Å². The smallest absolute Gasteiger partial charge is 0.243 e. The average molecular weight is 467 g/mol. The second-order valence-electron chi connectivity index (χ2n) is 7.25. The van der Waals surface area contributed by atoms with Crippen molar-refractivity contribution in [2.45, 2.75) is 52.5 Å². The van der Waals surface area contributed by atoms with E-state index in [-0.39, 0.29) is 36.4 Å². The van der Waals surface area contributed by atoms with Crippen molar-refractivity contribution < 1.29 is 4.79 Å². The van der Waals surface area contributed by atoms with Crippen LogP contribution in [0, 0.1) is 5.92 Å². The molecule has 1 unspecified atom stereocenters. The fourth-order valence-electron chi connectivity index (χ4n) is 2.90. The van der Waals surface area contributed by atoms with Gasteiger partial charge < -0.3 is 15.5 Å². The van der Waals surface area contributed by atoms with E-state index >= 15 is 0 Å². The number of carbonyl (C=O) groups excluding carboxylic acids is 1. The molecule has 7 heteroatoms. The molecule has 0 aromatic carbocycles. The van der Waals surface area contributed by atoms with Gasteiger partial charge in [0, 0.05) is 39.8 Å². The molecule has 0 spiro atoms. The lowest BCUT2D eigenvalue weighted by Gasteiger charge is -2.35. The predicted octanol–water partition coefficient (Wildman–Crippen LogP) is 2.15. The Morgan fingerprint density at radius 1 is 1.28 bits per heavy atom. The molecule has 0 aromatic heterocycles. The number of likely N-dealkylation sites (N-methyl/N-ethyl adjacent to an activating group) is 1. The quantitative estimate of drug-likeness (QED) is 0.326. The zero-order valence-electron chi connectivity index (χ0n) is 16.7. The van der Waals surface area contributed by atoms with Crippen molar-refractivity contribution in [3.63, 3.8) is 0 Å². The number of aliphatic imine (C=N–C) groups is 1. The number of hydrogen-bond donors (Lipinski definition) is 2. The highest BCUT2D eigenvalue weighted by atomic mass is 127. The largest absolute Gasteiger partial charge is 0.356 e. The van der Waals surface area contributed by atoms with E-state index < -0.39 is 0 Å². The summed E-state index contributed by atoms with van der Waals surface area (Å²) in [4.78, 5) is 20.3. The number of piperidine rings is 1. The van der Waals surface area contributed by atoms with E-state index in [2.05, 4.69) is 41.3 Å². The van der Waals surface area contributed by atoms with Gasteiger partial charge in [-0.25, -0.2) is 4.99 Å². The maximum absolute atomic E-state index is 11.7. The van der Waals surface area contributed by atoms with Gasteiger partial charge in [0.2, 0.25) is 5.91 Å². The van der Waals surface area contributed by atoms with E-state index in [1.54, 1.807) is 19.0 Å². The zero-order valence-corrected chi connectivity index (χ0v) is 19.0. The number of amides is 1. The van der Waals surface area contributed by atoms with Gasteiger partial charge in [-0.2, -0.15) is 0 Å². The van der Waals surface area contributed by atoms with Crippen LogP contribution in [-0.4, -0.2) is 74.5 Å². The molecule has 1 saturated heterocycles. The molecule has 1 aliphatic rings. The molecule has 25 heavy (non-hydrogen) atoms. The monoisotopic (exact) mass is 467 g/mol. The lowest BCUT2D eigenvalue weighted by Crippen LogP contribution is -2.46. The van der Waals surface area contributed by atoms with E-state index in [1.165, 1.54) is 32.2 Å². The SMILES string of the molecule is CCC1CCCCN1CCNC(=NCC(=O)N(C)C)NCC(C)C.I. The molecule has 0 saturated carbocycles. The Morgan fingerprint density at radius 2 is 2.00 bits per heavy atom. The van der Waals surface area contributed by atoms with Gasteiger partial charge in [0.15, 0.2) is 5.96 Å². The molecule has 0 aliphatic carbocycles. The third kappa shape index (κ3) is 10.2. The van der Waals surface area contributed by atoms with E-state index in [0.717, 1.165) is 31.6 Å². The van der Waals surface area contributed by atoms with Crippen LogP contribution in [0.2, 0.25) is 0 Å². The summed E-state index contributed by atoms with van der Waals surface area (Å²) in [6.07, 6.45) is 5.21. The highest BCUT2D eigenvalue weighted by Gasteiger charge is 2.20. The van der Waals surface area contributed by atoms with E-state index in [0.29, 0.717) is 5.92 Å².